The van der Waals surface area contributed by atoms with E-state index in [4.69, 9.17) is 0 Å². The average molecular weight is 279 g/mol. The van der Waals surface area contributed by atoms with E-state index < -0.39 is 6.04 Å². The predicted octanol–water partition coefficient (Wildman–Crippen LogP) is 2.88. The minimum absolute atomic E-state index is 0.0119. The summed E-state index contributed by atoms with van der Waals surface area (Å²) in [5, 5.41) is 0. The monoisotopic (exact) mass is 279 g/mol. The van der Waals surface area contributed by atoms with Crippen LogP contribution < -0.4 is 0 Å². The molecular formula is C18H17NO2. The average Bonchev–Trinajstić information content (AvgIpc) is 2.84. The molecule has 0 saturated carbocycles. The van der Waals surface area contributed by atoms with Crippen LogP contribution in [0.3, 0.4) is 0 Å². The van der Waals surface area contributed by atoms with Crippen LogP contribution >= 0.6 is 0 Å². The summed E-state index contributed by atoms with van der Waals surface area (Å²) in [4.78, 5) is 26.5. The third-order valence-electron chi connectivity index (χ3n) is 4.14. The quantitative estimate of drug-likeness (QED) is 0.810. The molecule has 0 aromatic heterocycles. The Morgan fingerprint density at radius 2 is 1.57 bits per heavy atom. The Kier molecular flexibility index (Phi) is 3.57. The molecule has 1 aliphatic heterocycles. The van der Waals surface area contributed by atoms with Crippen LogP contribution in [0.25, 0.3) is 0 Å². The fourth-order valence-corrected chi connectivity index (χ4v) is 3.00. The summed E-state index contributed by atoms with van der Waals surface area (Å²) in [7, 11) is 1.72. The Hall–Kier alpha value is -2.42. The van der Waals surface area contributed by atoms with E-state index in [2.05, 4.69) is 0 Å². The molecule has 21 heavy (non-hydrogen) atoms. The first-order valence-corrected chi connectivity index (χ1v) is 7.08. The third-order valence-corrected chi connectivity index (χ3v) is 4.14. The zero-order chi connectivity index (χ0) is 14.8. The molecule has 2 aromatic carbocycles. The first-order valence-electron chi connectivity index (χ1n) is 7.08. The van der Waals surface area contributed by atoms with Gasteiger partial charge < -0.3 is 4.90 Å². The lowest BCUT2D eigenvalue weighted by Crippen LogP contribution is -2.38. The summed E-state index contributed by atoms with van der Waals surface area (Å²) in [5.41, 5.74) is 1.70. The number of carbonyl (C=O) groups excluding carboxylic acids is 2. The summed E-state index contributed by atoms with van der Waals surface area (Å²) in [5.74, 6) is -0.0349. The van der Waals surface area contributed by atoms with Crippen molar-refractivity contribution in [3.63, 3.8) is 0 Å². The maximum Gasteiger partial charge on any atom is 0.223 e. The van der Waals surface area contributed by atoms with Gasteiger partial charge in [-0.25, -0.2) is 0 Å². The van der Waals surface area contributed by atoms with Gasteiger partial charge in [0.1, 0.15) is 6.04 Å². The standard InChI is InChI=1S/C18H17NO2/c1-19-16(20)12-15(13-8-4-2-5-9-13)17(19)18(21)14-10-6-3-7-11-14/h2-11,15,17H,12H2,1H3/t15-,17+/m1/s1. The minimum atomic E-state index is -0.415. The number of ketones is 1. The van der Waals surface area contributed by atoms with Gasteiger partial charge in [0.05, 0.1) is 0 Å². The minimum Gasteiger partial charge on any atom is -0.335 e. The molecule has 1 fully saturated rings. The predicted molar refractivity (Wildman–Crippen MR) is 81.1 cm³/mol. The maximum atomic E-state index is 12.8. The van der Waals surface area contributed by atoms with Crippen molar-refractivity contribution in [3.8, 4) is 0 Å². The molecule has 1 heterocycles. The highest BCUT2D eigenvalue weighted by atomic mass is 16.2. The molecule has 3 rings (SSSR count). The number of benzene rings is 2. The number of nitrogens with zero attached hydrogens (tertiary/aromatic N) is 1. The maximum absolute atomic E-state index is 12.8. The molecule has 0 spiro atoms. The normalized spacial score (nSPS) is 21.6. The Morgan fingerprint density at radius 3 is 2.19 bits per heavy atom. The van der Waals surface area contributed by atoms with Gasteiger partial charge in [0.25, 0.3) is 0 Å². The fourth-order valence-electron chi connectivity index (χ4n) is 3.00. The van der Waals surface area contributed by atoms with Gasteiger partial charge in [-0.1, -0.05) is 60.7 Å². The van der Waals surface area contributed by atoms with E-state index in [1.165, 1.54) is 0 Å². The van der Waals surface area contributed by atoms with Crippen molar-refractivity contribution < 1.29 is 9.59 Å². The van der Waals surface area contributed by atoms with Crippen molar-refractivity contribution >= 4 is 11.7 Å². The lowest BCUT2D eigenvalue weighted by Gasteiger charge is -2.24. The van der Waals surface area contributed by atoms with Crippen LogP contribution in [0.2, 0.25) is 0 Å². The van der Waals surface area contributed by atoms with E-state index in [1.54, 1.807) is 24.1 Å². The van der Waals surface area contributed by atoms with Crippen molar-refractivity contribution in [2.45, 2.75) is 18.4 Å². The van der Waals surface area contributed by atoms with Gasteiger partial charge in [-0.05, 0) is 5.56 Å². The Balaban J connectivity index is 1.97. The second kappa shape index (κ2) is 5.52. The van der Waals surface area contributed by atoms with Gasteiger partial charge in [-0.2, -0.15) is 0 Å². The number of hydrogen-bond donors (Lipinski definition) is 0. The van der Waals surface area contributed by atoms with Crippen molar-refractivity contribution in [3.05, 3.63) is 71.8 Å². The van der Waals surface area contributed by atoms with E-state index in [0.717, 1.165) is 5.56 Å². The number of likely N-dealkylation sites (N-methyl/N-ethyl adjacent to an activating group) is 1. The zero-order valence-corrected chi connectivity index (χ0v) is 11.9. The molecule has 2 aromatic rings. The Bertz CT molecular complexity index is 651. The summed E-state index contributed by atoms with van der Waals surface area (Å²) < 4.78 is 0. The van der Waals surface area contributed by atoms with Gasteiger partial charge in [0, 0.05) is 24.9 Å². The first kappa shape index (κ1) is 13.6. The highest BCUT2D eigenvalue weighted by Crippen LogP contribution is 2.35. The van der Waals surface area contributed by atoms with Crippen molar-refractivity contribution in [2.24, 2.45) is 0 Å². The van der Waals surface area contributed by atoms with Crippen LogP contribution in [0.1, 0.15) is 28.3 Å². The number of Topliss-reactive ketones (excluding diaryl/α,β-unsaturated/α-hetero) is 1. The summed E-state index contributed by atoms with van der Waals surface area (Å²) in [6, 6.07) is 18.6. The smallest absolute Gasteiger partial charge is 0.223 e. The molecule has 2 atom stereocenters. The molecule has 3 heteroatoms. The van der Waals surface area contributed by atoms with Gasteiger partial charge >= 0.3 is 0 Å². The molecule has 0 aliphatic carbocycles. The number of hydrogen-bond acceptors (Lipinski definition) is 2. The largest absolute Gasteiger partial charge is 0.335 e. The summed E-state index contributed by atoms with van der Waals surface area (Å²) in [6.07, 6.45) is 0.393. The van der Waals surface area contributed by atoms with Crippen LogP contribution in [0.5, 0.6) is 0 Å². The van der Waals surface area contributed by atoms with E-state index in [-0.39, 0.29) is 17.6 Å². The van der Waals surface area contributed by atoms with E-state index >= 15 is 0 Å². The van der Waals surface area contributed by atoms with Crippen LogP contribution in [0.15, 0.2) is 60.7 Å². The van der Waals surface area contributed by atoms with Gasteiger partial charge in [-0.15, -0.1) is 0 Å². The third kappa shape index (κ3) is 2.47. The number of amides is 1. The highest BCUT2D eigenvalue weighted by Gasteiger charge is 2.42. The molecular weight excluding hydrogens is 262 g/mol. The SMILES string of the molecule is CN1C(=O)C[C@H](c2ccccc2)[C@H]1C(=O)c1ccccc1. The van der Waals surface area contributed by atoms with Crippen molar-refractivity contribution in [1.82, 2.24) is 4.90 Å². The number of likely N-dealkylation sites (tertiary alicyclic amines) is 1. The van der Waals surface area contributed by atoms with Crippen LogP contribution in [-0.4, -0.2) is 29.7 Å². The lowest BCUT2D eigenvalue weighted by molar-refractivity contribution is -0.127. The first-order chi connectivity index (χ1) is 10.2. The van der Waals surface area contributed by atoms with Crippen LogP contribution in [-0.2, 0) is 4.79 Å². The summed E-state index contributed by atoms with van der Waals surface area (Å²) in [6.45, 7) is 0. The lowest BCUT2D eigenvalue weighted by atomic mass is 9.87. The molecule has 0 bridgehead atoms. The van der Waals surface area contributed by atoms with E-state index in [9.17, 15) is 9.59 Å². The van der Waals surface area contributed by atoms with Gasteiger partial charge in [-0.3, -0.25) is 9.59 Å². The van der Waals surface area contributed by atoms with Crippen molar-refractivity contribution in [1.29, 1.82) is 0 Å². The van der Waals surface area contributed by atoms with Crippen LogP contribution in [0, 0.1) is 0 Å². The zero-order valence-electron chi connectivity index (χ0n) is 11.9. The van der Waals surface area contributed by atoms with Crippen molar-refractivity contribution in [2.75, 3.05) is 7.05 Å². The molecule has 3 nitrogen and oxygen atoms in total. The summed E-state index contributed by atoms with van der Waals surface area (Å²) >= 11 is 0. The molecule has 1 amide bonds. The number of rotatable bonds is 3. The van der Waals surface area contributed by atoms with Gasteiger partial charge in [0.2, 0.25) is 5.91 Å². The Labute approximate surface area is 124 Å². The second-order valence-corrected chi connectivity index (χ2v) is 5.40. The fraction of sp³-hybridized carbons (Fsp3) is 0.222. The molecule has 1 saturated heterocycles. The second-order valence-electron chi connectivity index (χ2n) is 5.40. The molecule has 0 unspecified atom stereocenters. The highest BCUT2D eigenvalue weighted by molar-refractivity contribution is 6.04. The number of carbonyl (C=O) groups is 2. The molecule has 0 radical (unpaired) electrons. The Morgan fingerprint density at radius 1 is 1.00 bits per heavy atom. The molecule has 0 N–H and O–H groups in total. The molecule has 1 aliphatic rings. The van der Waals surface area contributed by atoms with E-state index in [1.807, 2.05) is 48.5 Å². The van der Waals surface area contributed by atoms with E-state index in [0.29, 0.717) is 12.0 Å². The van der Waals surface area contributed by atoms with Crippen LogP contribution in [0.4, 0.5) is 0 Å². The molecule has 106 valence electrons. The topological polar surface area (TPSA) is 37.4 Å². The van der Waals surface area contributed by atoms with Gasteiger partial charge in [0.15, 0.2) is 5.78 Å².